The van der Waals surface area contributed by atoms with Crippen molar-refractivity contribution in [2.24, 2.45) is 0 Å². The second kappa shape index (κ2) is 9.70. The molecule has 1 heterocycles. The lowest BCUT2D eigenvalue weighted by molar-refractivity contribution is 0.660. The highest BCUT2D eigenvalue weighted by molar-refractivity contribution is 6.12. The molecular weight excluding hydrogens is 546 g/mol. The van der Waals surface area contributed by atoms with Crippen LogP contribution in [0.25, 0.3) is 55.0 Å². The molecule has 0 radical (unpaired) electrons. The van der Waals surface area contributed by atoms with Crippen LogP contribution in [0.2, 0.25) is 0 Å². The summed E-state index contributed by atoms with van der Waals surface area (Å²) in [5, 5.41) is 4.69. The van der Waals surface area contributed by atoms with Gasteiger partial charge in [-0.25, -0.2) is 0 Å². The first-order valence-electron chi connectivity index (χ1n) is 15.6. The van der Waals surface area contributed by atoms with Crippen molar-refractivity contribution in [3.05, 3.63) is 163 Å². The third-order valence-electron chi connectivity index (χ3n) is 9.67. The van der Waals surface area contributed by atoms with Crippen molar-refractivity contribution in [1.82, 2.24) is 0 Å². The highest BCUT2D eigenvalue weighted by atomic mass is 16.3. The minimum atomic E-state index is -0.105. The van der Waals surface area contributed by atoms with E-state index in [4.69, 9.17) is 4.42 Å². The first-order valence-corrected chi connectivity index (χ1v) is 15.6. The van der Waals surface area contributed by atoms with Crippen LogP contribution in [0.15, 0.2) is 156 Å². The monoisotopic (exact) mass is 577 g/mol. The van der Waals surface area contributed by atoms with Gasteiger partial charge in [0.05, 0.1) is 17.1 Å². The number of hydrogen-bond donors (Lipinski definition) is 0. The van der Waals surface area contributed by atoms with Crippen LogP contribution < -0.4 is 4.90 Å². The maximum atomic E-state index is 6.58. The number of anilines is 3. The Balaban J connectivity index is 1.38. The molecule has 0 bridgehead atoms. The van der Waals surface area contributed by atoms with Crippen LogP contribution in [0.3, 0.4) is 0 Å². The summed E-state index contributed by atoms with van der Waals surface area (Å²) in [6, 6.07) is 54.6. The fraction of sp³-hybridized carbons (Fsp3) is 0.0698. The molecule has 0 fully saturated rings. The normalized spacial score (nSPS) is 13.3. The van der Waals surface area contributed by atoms with Gasteiger partial charge in [-0.05, 0) is 46.3 Å². The lowest BCUT2D eigenvalue weighted by atomic mass is 9.82. The highest BCUT2D eigenvalue weighted by Gasteiger charge is 2.38. The van der Waals surface area contributed by atoms with Crippen LogP contribution >= 0.6 is 0 Å². The van der Waals surface area contributed by atoms with Crippen LogP contribution in [0.5, 0.6) is 0 Å². The van der Waals surface area contributed by atoms with Crippen molar-refractivity contribution < 1.29 is 4.42 Å². The van der Waals surface area contributed by atoms with Gasteiger partial charge in [0.15, 0.2) is 0 Å². The largest absolute Gasteiger partial charge is 0.455 e. The van der Waals surface area contributed by atoms with Crippen LogP contribution in [0.4, 0.5) is 17.1 Å². The molecule has 0 saturated carbocycles. The predicted octanol–water partition coefficient (Wildman–Crippen LogP) is 12.2. The van der Waals surface area contributed by atoms with E-state index in [0.29, 0.717) is 0 Å². The van der Waals surface area contributed by atoms with E-state index in [1.165, 1.54) is 38.7 Å². The maximum absolute atomic E-state index is 6.58. The van der Waals surface area contributed by atoms with Crippen LogP contribution in [-0.4, -0.2) is 0 Å². The van der Waals surface area contributed by atoms with Crippen LogP contribution in [0.1, 0.15) is 25.0 Å². The average Bonchev–Trinajstić information content (AvgIpc) is 3.58. The van der Waals surface area contributed by atoms with E-state index in [9.17, 15) is 0 Å². The van der Waals surface area contributed by atoms with Gasteiger partial charge in [-0.3, -0.25) is 0 Å². The van der Waals surface area contributed by atoms with Gasteiger partial charge in [-0.2, -0.15) is 0 Å². The molecule has 2 heteroatoms. The minimum Gasteiger partial charge on any atom is -0.455 e. The first-order chi connectivity index (χ1) is 22.1. The molecule has 0 unspecified atom stereocenters. The fourth-order valence-electron chi connectivity index (χ4n) is 7.57. The SMILES string of the molecule is CC1(C)c2ccccc2-c2c(N(c3ccccc3-c3cccc4c3oc3ccccc34)c3cccc4ccccc34)cccc21. The molecular formula is C43H31NO. The molecule has 214 valence electrons. The summed E-state index contributed by atoms with van der Waals surface area (Å²) in [7, 11) is 0. The standard InChI is InChI=1S/C43H31NO/c1-43(2)35-22-8-5-19-34(35)41-36(43)23-13-26-39(41)44(37-25-11-15-28-14-3-4-16-29(28)37)38-24-9-6-17-30(38)32-20-12-21-33-31-18-7-10-27-40(31)45-42(32)33/h3-27H,1-2H3. The number of hydrogen-bond acceptors (Lipinski definition) is 2. The van der Waals surface area contributed by atoms with Crippen molar-refractivity contribution in [2.75, 3.05) is 4.90 Å². The second-order valence-electron chi connectivity index (χ2n) is 12.5. The van der Waals surface area contributed by atoms with E-state index in [1.54, 1.807) is 0 Å². The zero-order valence-corrected chi connectivity index (χ0v) is 25.3. The van der Waals surface area contributed by atoms with Gasteiger partial charge in [-0.15, -0.1) is 0 Å². The Morgan fingerprint density at radius 2 is 1.02 bits per heavy atom. The predicted molar refractivity (Wildman–Crippen MR) is 189 cm³/mol. The number of rotatable bonds is 4. The van der Waals surface area contributed by atoms with Crippen molar-refractivity contribution in [3.63, 3.8) is 0 Å². The summed E-state index contributed by atoms with van der Waals surface area (Å²) >= 11 is 0. The molecule has 0 amide bonds. The number of nitrogens with zero attached hydrogens (tertiary/aromatic N) is 1. The Morgan fingerprint density at radius 1 is 0.444 bits per heavy atom. The lowest BCUT2D eigenvalue weighted by Gasteiger charge is -2.31. The Kier molecular flexibility index (Phi) is 5.58. The van der Waals surface area contributed by atoms with Crippen molar-refractivity contribution in [1.29, 1.82) is 0 Å². The molecule has 0 N–H and O–H groups in total. The molecule has 8 aromatic rings. The van der Waals surface area contributed by atoms with Crippen molar-refractivity contribution in [3.8, 4) is 22.3 Å². The summed E-state index contributed by atoms with van der Waals surface area (Å²) in [5.74, 6) is 0. The molecule has 1 aromatic heterocycles. The minimum absolute atomic E-state index is 0.105. The molecule has 1 aliphatic rings. The van der Waals surface area contributed by atoms with Gasteiger partial charge >= 0.3 is 0 Å². The summed E-state index contributed by atoms with van der Waals surface area (Å²) in [5.41, 5.74) is 12.7. The molecule has 1 aliphatic carbocycles. The fourth-order valence-corrected chi connectivity index (χ4v) is 7.57. The molecule has 45 heavy (non-hydrogen) atoms. The Bertz CT molecular complexity index is 2420. The van der Waals surface area contributed by atoms with Crippen LogP contribution in [-0.2, 0) is 5.41 Å². The highest BCUT2D eigenvalue weighted by Crippen LogP contribution is 2.55. The van der Waals surface area contributed by atoms with E-state index in [1.807, 2.05) is 6.07 Å². The molecule has 0 atom stereocenters. The Morgan fingerprint density at radius 3 is 1.93 bits per heavy atom. The van der Waals surface area contributed by atoms with E-state index < -0.39 is 0 Å². The maximum Gasteiger partial charge on any atom is 0.143 e. The van der Waals surface area contributed by atoms with E-state index in [2.05, 4.69) is 164 Å². The third kappa shape index (κ3) is 3.76. The van der Waals surface area contributed by atoms with E-state index in [0.717, 1.165) is 44.4 Å². The molecule has 0 spiro atoms. The summed E-state index contributed by atoms with van der Waals surface area (Å²) in [4.78, 5) is 2.48. The van der Waals surface area contributed by atoms with Gasteiger partial charge in [-0.1, -0.05) is 141 Å². The van der Waals surface area contributed by atoms with Gasteiger partial charge < -0.3 is 9.32 Å². The molecule has 9 rings (SSSR count). The van der Waals surface area contributed by atoms with Gasteiger partial charge in [0.2, 0.25) is 0 Å². The van der Waals surface area contributed by atoms with Gasteiger partial charge in [0.25, 0.3) is 0 Å². The first kappa shape index (κ1) is 25.9. The topological polar surface area (TPSA) is 16.4 Å². The van der Waals surface area contributed by atoms with Crippen LogP contribution in [0, 0.1) is 0 Å². The van der Waals surface area contributed by atoms with E-state index in [-0.39, 0.29) is 5.41 Å². The zero-order valence-electron chi connectivity index (χ0n) is 25.3. The molecule has 2 nitrogen and oxygen atoms in total. The number of furan rings is 1. The summed E-state index contributed by atoms with van der Waals surface area (Å²) in [6.45, 7) is 4.69. The van der Waals surface area contributed by atoms with Crippen molar-refractivity contribution in [2.45, 2.75) is 19.3 Å². The third-order valence-corrected chi connectivity index (χ3v) is 9.67. The second-order valence-corrected chi connectivity index (χ2v) is 12.5. The number of benzene rings is 7. The van der Waals surface area contributed by atoms with Gasteiger partial charge in [0, 0.05) is 38.3 Å². The van der Waals surface area contributed by atoms with Gasteiger partial charge in [0.1, 0.15) is 11.2 Å². The number of para-hydroxylation sites is 3. The average molecular weight is 578 g/mol. The van der Waals surface area contributed by atoms with Crippen molar-refractivity contribution >= 4 is 49.8 Å². The smallest absolute Gasteiger partial charge is 0.143 e. The molecule has 0 saturated heterocycles. The Hall–Kier alpha value is -5.60. The number of fused-ring (bicyclic) bond motifs is 7. The quantitative estimate of drug-likeness (QED) is 0.207. The lowest BCUT2D eigenvalue weighted by Crippen LogP contribution is -2.16. The van der Waals surface area contributed by atoms with E-state index >= 15 is 0 Å². The Labute approximate surface area is 262 Å². The molecule has 0 aliphatic heterocycles. The summed E-state index contributed by atoms with van der Waals surface area (Å²) in [6.07, 6.45) is 0. The molecule has 7 aromatic carbocycles. The summed E-state index contributed by atoms with van der Waals surface area (Å²) < 4.78 is 6.58. The zero-order chi connectivity index (χ0) is 30.1.